The van der Waals surface area contributed by atoms with Crippen molar-refractivity contribution in [2.75, 3.05) is 16.8 Å². The molecule has 8 heteroatoms. The number of anilines is 2. The first-order chi connectivity index (χ1) is 13.4. The zero-order chi connectivity index (χ0) is 19.7. The van der Waals surface area contributed by atoms with Gasteiger partial charge < -0.3 is 0 Å². The number of aromatic nitrogens is 2. The summed E-state index contributed by atoms with van der Waals surface area (Å²) < 4.78 is 39.0. The van der Waals surface area contributed by atoms with Crippen LogP contribution in [-0.2, 0) is 12.6 Å². The molecule has 1 aliphatic heterocycles. The molecule has 0 aliphatic carbocycles. The van der Waals surface area contributed by atoms with Crippen LogP contribution in [-0.4, -0.2) is 22.5 Å². The van der Waals surface area contributed by atoms with Gasteiger partial charge in [0, 0.05) is 18.3 Å². The van der Waals surface area contributed by atoms with E-state index in [2.05, 4.69) is 15.3 Å². The molecule has 3 aromatic rings. The van der Waals surface area contributed by atoms with E-state index in [4.69, 9.17) is 0 Å². The lowest BCUT2D eigenvalue weighted by Gasteiger charge is -2.17. The molecule has 142 valence electrons. The van der Waals surface area contributed by atoms with Gasteiger partial charge in [-0.2, -0.15) is 13.2 Å². The first-order valence-electron chi connectivity index (χ1n) is 8.59. The van der Waals surface area contributed by atoms with Crippen molar-refractivity contribution < 1.29 is 18.0 Å². The van der Waals surface area contributed by atoms with Crippen LogP contribution in [0.15, 0.2) is 60.8 Å². The van der Waals surface area contributed by atoms with Crippen molar-refractivity contribution in [1.29, 1.82) is 0 Å². The number of benzene rings is 1. The quantitative estimate of drug-likeness (QED) is 0.693. The highest BCUT2D eigenvalue weighted by atomic mass is 19.4. The van der Waals surface area contributed by atoms with Crippen molar-refractivity contribution >= 4 is 17.7 Å². The molecule has 2 aromatic heterocycles. The Hall–Kier alpha value is -3.42. The zero-order valence-electron chi connectivity index (χ0n) is 14.6. The summed E-state index contributed by atoms with van der Waals surface area (Å²) in [4.78, 5) is 22.6. The molecule has 1 aliphatic rings. The minimum atomic E-state index is -4.43. The minimum absolute atomic E-state index is 0.342. The maximum absolute atomic E-state index is 13.0. The summed E-state index contributed by atoms with van der Waals surface area (Å²) >= 11 is 0. The normalized spacial score (nSPS) is 13.3. The largest absolute Gasteiger partial charge is 0.416 e. The Morgan fingerprint density at radius 3 is 2.68 bits per heavy atom. The van der Waals surface area contributed by atoms with Gasteiger partial charge in [0.1, 0.15) is 11.6 Å². The maximum Gasteiger partial charge on any atom is 0.416 e. The van der Waals surface area contributed by atoms with Crippen molar-refractivity contribution in [3.63, 3.8) is 0 Å². The average molecular weight is 384 g/mol. The SMILES string of the molecule is O=C(Nc1ccccn1)N1CCc2ccc(-c3cccc(C(F)(F)F)c3)nc21. The average Bonchev–Trinajstić information content (AvgIpc) is 3.11. The number of fused-ring (bicyclic) bond motifs is 1. The molecule has 0 spiro atoms. The van der Waals surface area contributed by atoms with E-state index in [-0.39, 0.29) is 6.03 Å². The van der Waals surface area contributed by atoms with Gasteiger partial charge in [0.2, 0.25) is 0 Å². The van der Waals surface area contributed by atoms with Crippen LogP contribution >= 0.6 is 0 Å². The predicted molar refractivity (Wildman–Crippen MR) is 99.0 cm³/mol. The molecule has 0 atom stereocenters. The van der Waals surface area contributed by atoms with Crippen LogP contribution < -0.4 is 10.2 Å². The molecular weight excluding hydrogens is 369 g/mol. The van der Waals surface area contributed by atoms with E-state index in [9.17, 15) is 18.0 Å². The fourth-order valence-corrected chi connectivity index (χ4v) is 3.07. The second-order valence-electron chi connectivity index (χ2n) is 6.30. The van der Waals surface area contributed by atoms with E-state index in [1.165, 1.54) is 11.0 Å². The van der Waals surface area contributed by atoms with Gasteiger partial charge in [-0.05, 0) is 42.3 Å². The Bertz CT molecular complexity index is 1020. The number of nitrogens with one attached hydrogen (secondary N) is 1. The number of carbonyl (C=O) groups excluding carboxylic acids is 1. The molecule has 2 amide bonds. The first kappa shape index (κ1) is 18.0. The van der Waals surface area contributed by atoms with Crippen molar-refractivity contribution in [2.45, 2.75) is 12.6 Å². The van der Waals surface area contributed by atoms with Crippen molar-refractivity contribution in [2.24, 2.45) is 0 Å². The van der Waals surface area contributed by atoms with Gasteiger partial charge in [0.15, 0.2) is 0 Å². The summed E-state index contributed by atoms with van der Waals surface area (Å²) in [5.74, 6) is 0.860. The van der Waals surface area contributed by atoms with E-state index >= 15 is 0 Å². The molecule has 28 heavy (non-hydrogen) atoms. The maximum atomic E-state index is 13.0. The summed E-state index contributed by atoms with van der Waals surface area (Å²) in [6.45, 7) is 0.438. The van der Waals surface area contributed by atoms with Gasteiger partial charge in [-0.3, -0.25) is 10.2 Å². The summed E-state index contributed by atoms with van der Waals surface area (Å²) in [6.07, 6.45) is -2.24. The number of nitrogens with zero attached hydrogens (tertiary/aromatic N) is 3. The lowest BCUT2D eigenvalue weighted by atomic mass is 10.1. The number of urea groups is 1. The summed E-state index contributed by atoms with van der Waals surface area (Å²) in [6, 6.07) is 13.2. The van der Waals surface area contributed by atoms with Gasteiger partial charge in [-0.15, -0.1) is 0 Å². The standard InChI is InChI=1S/C20H15F3N4O/c21-20(22,23)15-5-3-4-14(12-15)16-8-7-13-9-11-27(18(13)25-16)19(28)26-17-6-1-2-10-24-17/h1-8,10,12H,9,11H2,(H,24,26,28). The zero-order valence-corrected chi connectivity index (χ0v) is 14.6. The van der Waals surface area contributed by atoms with Crippen LogP contribution in [0.3, 0.4) is 0 Å². The van der Waals surface area contributed by atoms with Crippen LogP contribution in [0.5, 0.6) is 0 Å². The van der Waals surface area contributed by atoms with E-state index in [0.29, 0.717) is 35.9 Å². The highest BCUT2D eigenvalue weighted by Crippen LogP contribution is 2.34. The molecule has 1 aromatic carbocycles. The lowest BCUT2D eigenvalue weighted by molar-refractivity contribution is -0.137. The number of rotatable bonds is 2. The molecule has 0 radical (unpaired) electrons. The Balaban J connectivity index is 1.63. The van der Waals surface area contributed by atoms with Crippen LogP contribution in [0.2, 0.25) is 0 Å². The predicted octanol–water partition coefficient (Wildman–Crippen LogP) is 4.76. The lowest BCUT2D eigenvalue weighted by Crippen LogP contribution is -2.34. The molecular formula is C20H15F3N4O. The molecule has 4 rings (SSSR count). The first-order valence-corrected chi connectivity index (χ1v) is 8.59. The third-order valence-electron chi connectivity index (χ3n) is 4.45. The third kappa shape index (κ3) is 3.53. The second-order valence-corrected chi connectivity index (χ2v) is 6.30. The van der Waals surface area contributed by atoms with E-state index in [1.807, 2.05) is 0 Å². The number of hydrogen-bond donors (Lipinski definition) is 1. The van der Waals surface area contributed by atoms with Crippen LogP contribution in [0.25, 0.3) is 11.3 Å². The number of amides is 2. The van der Waals surface area contributed by atoms with Gasteiger partial charge in [-0.1, -0.05) is 24.3 Å². The molecule has 0 unspecified atom stereocenters. The second kappa shape index (κ2) is 6.95. The number of pyridine rings is 2. The summed E-state index contributed by atoms with van der Waals surface area (Å²) in [7, 11) is 0. The van der Waals surface area contributed by atoms with E-state index < -0.39 is 11.7 Å². The van der Waals surface area contributed by atoms with Gasteiger partial charge in [0.05, 0.1) is 11.3 Å². The molecule has 0 bridgehead atoms. The Kier molecular flexibility index (Phi) is 4.46. The van der Waals surface area contributed by atoms with E-state index in [1.54, 1.807) is 42.6 Å². The number of alkyl halides is 3. The molecule has 0 fully saturated rings. The van der Waals surface area contributed by atoms with Crippen molar-refractivity contribution in [1.82, 2.24) is 9.97 Å². The number of carbonyl (C=O) groups is 1. The smallest absolute Gasteiger partial charge is 0.292 e. The Labute approximate surface area is 158 Å². The van der Waals surface area contributed by atoms with E-state index in [0.717, 1.165) is 17.7 Å². The minimum Gasteiger partial charge on any atom is -0.292 e. The van der Waals surface area contributed by atoms with Crippen LogP contribution in [0, 0.1) is 0 Å². The van der Waals surface area contributed by atoms with Gasteiger partial charge in [0.25, 0.3) is 0 Å². The summed E-state index contributed by atoms with van der Waals surface area (Å²) in [5.41, 5.74) is 0.848. The Morgan fingerprint density at radius 2 is 1.93 bits per heavy atom. The van der Waals surface area contributed by atoms with Crippen molar-refractivity contribution in [3.05, 3.63) is 71.9 Å². The highest BCUT2D eigenvalue weighted by Gasteiger charge is 2.31. The number of halogens is 3. The van der Waals surface area contributed by atoms with Crippen LogP contribution in [0.1, 0.15) is 11.1 Å². The third-order valence-corrected chi connectivity index (χ3v) is 4.45. The molecule has 5 nitrogen and oxygen atoms in total. The topological polar surface area (TPSA) is 58.1 Å². The van der Waals surface area contributed by atoms with Gasteiger partial charge in [-0.25, -0.2) is 14.8 Å². The summed E-state index contributed by atoms with van der Waals surface area (Å²) in [5, 5.41) is 2.70. The molecule has 0 saturated carbocycles. The fourth-order valence-electron chi connectivity index (χ4n) is 3.07. The van der Waals surface area contributed by atoms with Crippen molar-refractivity contribution in [3.8, 4) is 11.3 Å². The molecule has 0 saturated heterocycles. The molecule has 1 N–H and O–H groups in total. The number of hydrogen-bond acceptors (Lipinski definition) is 3. The highest BCUT2D eigenvalue weighted by molar-refractivity contribution is 6.02. The van der Waals surface area contributed by atoms with Crippen LogP contribution in [0.4, 0.5) is 29.6 Å². The van der Waals surface area contributed by atoms with Gasteiger partial charge >= 0.3 is 12.2 Å². The monoisotopic (exact) mass is 384 g/mol. The fraction of sp³-hybridized carbons (Fsp3) is 0.150. The Morgan fingerprint density at radius 1 is 1.07 bits per heavy atom. The molecule has 3 heterocycles.